The van der Waals surface area contributed by atoms with E-state index in [9.17, 15) is 5.11 Å². The van der Waals surface area contributed by atoms with Crippen LogP contribution in [0, 0.1) is 5.41 Å². The van der Waals surface area contributed by atoms with E-state index in [0.29, 0.717) is 0 Å². The number of rotatable bonds is 5. The third-order valence-electron chi connectivity index (χ3n) is 4.25. The van der Waals surface area contributed by atoms with Crippen LogP contribution < -0.4 is 4.74 Å². The number of hydrogen-bond acceptors (Lipinski definition) is 3. The maximum absolute atomic E-state index is 9.87. The topological polar surface area (TPSA) is 32.7 Å². The second-order valence-electron chi connectivity index (χ2n) is 5.63. The number of aliphatic hydroxyl groups excluding tert-OH is 1. The first-order valence-electron chi connectivity index (χ1n) is 6.65. The van der Waals surface area contributed by atoms with Crippen molar-refractivity contribution in [2.24, 2.45) is 5.41 Å². The van der Waals surface area contributed by atoms with Gasteiger partial charge in [0.05, 0.1) is 13.7 Å². The predicted molar refractivity (Wildman–Crippen MR) is 80.5 cm³/mol. The first-order chi connectivity index (χ1) is 9.04. The van der Waals surface area contributed by atoms with Crippen molar-refractivity contribution in [1.82, 2.24) is 4.90 Å². The van der Waals surface area contributed by atoms with Gasteiger partial charge in [-0.15, -0.1) is 0 Å². The molecule has 1 saturated carbocycles. The van der Waals surface area contributed by atoms with Crippen LogP contribution in [0.25, 0.3) is 0 Å². The van der Waals surface area contributed by atoms with Crippen molar-refractivity contribution in [3.8, 4) is 5.75 Å². The molecule has 19 heavy (non-hydrogen) atoms. The SMILES string of the molecule is COc1ccc(Br)cc1C(N(C)C)C1(CO)CCC1. The molecule has 0 radical (unpaired) electrons. The Kier molecular flexibility index (Phi) is 4.54. The second kappa shape index (κ2) is 5.81. The predicted octanol–water partition coefficient (Wildman–Crippen LogP) is 3.22. The molecule has 1 atom stereocenters. The third-order valence-corrected chi connectivity index (χ3v) is 4.74. The Morgan fingerprint density at radius 3 is 2.53 bits per heavy atom. The largest absolute Gasteiger partial charge is 0.496 e. The van der Waals surface area contributed by atoms with Crippen LogP contribution in [0.1, 0.15) is 30.9 Å². The lowest BCUT2D eigenvalue weighted by molar-refractivity contribution is -0.0316. The van der Waals surface area contributed by atoms with Gasteiger partial charge in [0, 0.05) is 21.5 Å². The molecule has 1 aromatic rings. The molecule has 1 aromatic carbocycles. The van der Waals surface area contributed by atoms with Gasteiger partial charge in [0.2, 0.25) is 0 Å². The number of aliphatic hydroxyl groups is 1. The molecular formula is C15H22BrNO2. The zero-order valence-electron chi connectivity index (χ0n) is 11.8. The quantitative estimate of drug-likeness (QED) is 0.901. The molecule has 0 aromatic heterocycles. The second-order valence-corrected chi connectivity index (χ2v) is 6.54. The number of ether oxygens (including phenoxy) is 1. The highest BCUT2D eigenvalue weighted by Crippen LogP contribution is 2.53. The highest BCUT2D eigenvalue weighted by molar-refractivity contribution is 9.10. The van der Waals surface area contributed by atoms with Gasteiger partial charge in [0.25, 0.3) is 0 Å². The third kappa shape index (κ3) is 2.67. The molecule has 1 aliphatic rings. The summed E-state index contributed by atoms with van der Waals surface area (Å²) in [6, 6.07) is 6.26. The molecule has 0 aliphatic heterocycles. The van der Waals surface area contributed by atoms with Crippen molar-refractivity contribution in [3.63, 3.8) is 0 Å². The standard InChI is InChI=1S/C15H22BrNO2/c1-17(2)14(15(10-18)7-4-8-15)12-9-11(16)5-6-13(12)19-3/h5-6,9,14,18H,4,7-8,10H2,1-3H3. The first-order valence-corrected chi connectivity index (χ1v) is 7.44. The van der Waals surface area contributed by atoms with Gasteiger partial charge in [-0.05, 0) is 45.1 Å². The van der Waals surface area contributed by atoms with Crippen LogP contribution in [0.15, 0.2) is 22.7 Å². The van der Waals surface area contributed by atoms with Gasteiger partial charge in [-0.25, -0.2) is 0 Å². The molecule has 106 valence electrons. The van der Waals surface area contributed by atoms with E-state index < -0.39 is 0 Å². The summed E-state index contributed by atoms with van der Waals surface area (Å²) in [6.07, 6.45) is 3.34. The van der Waals surface area contributed by atoms with E-state index in [1.54, 1.807) is 7.11 Å². The van der Waals surface area contributed by atoms with E-state index in [1.165, 1.54) is 6.42 Å². The average molecular weight is 328 g/mol. The minimum Gasteiger partial charge on any atom is -0.496 e. The summed E-state index contributed by atoms with van der Waals surface area (Å²) < 4.78 is 6.55. The molecule has 1 aliphatic carbocycles. The molecular weight excluding hydrogens is 306 g/mol. The molecule has 0 saturated heterocycles. The van der Waals surface area contributed by atoms with Gasteiger partial charge in [-0.2, -0.15) is 0 Å². The van der Waals surface area contributed by atoms with Crippen LogP contribution in [-0.4, -0.2) is 37.8 Å². The number of hydrogen-bond donors (Lipinski definition) is 1. The number of nitrogens with zero attached hydrogens (tertiary/aromatic N) is 1. The normalized spacial score (nSPS) is 19.1. The Morgan fingerprint density at radius 1 is 1.42 bits per heavy atom. The molecule has 0 spiro atoms. The minimum absolute atomic E-state index is 0.0302. The summed E-state index contributed by atoms with van der Waals surface area (Å²) in [7, 11) is 5.84. The summed E-state index contributed by atoms with van der Waals surface area (Å²) in [5, 5.41) is 9.87. The summed E-state index contributed by atoms with van der Waals surface area (Å²) in [6.45, 7) is 0.228. The van der Waals surface area contributed by atoms with Crippen LogP contribution in [-0.2, 0) is 0 Å². The Morgan fingerprint density at radius 2 is 2.11 bits per heavy atom. The highest BCUT2D eigenvalue weighted by atomic mass is 79.9. The molecule has 1 unspecified atom stereocenters. The van der Waals surface area contributed by atoms with Crippen LogP contribution in [0.5, 0.6) is 5.75 Å². The summed E-state index contributed by atoms with van der Waals surface area (Å²) >= 11 is 3.53. The van der Waals surface area contributed by atoms with E-state index in [2.05, 4.69) is 41.0 Å². The molecule has 3 nitrogen and oxygen atoms in total. The van der Waals surface area contributed by atoms with Crippen LogP contribution in [0.4, 0.5) is 0 Å². The molecule has 0 bridgehead atoms. The minimum atomic E-state index is -0.0302. The summed E-state index contributed by atoms with van der Waals surface area (Å²) in [4.78, 5) is 2.19. The van der Waals surface area contributed by atoms with Crippen molar-refractivity contribution in [1.29, 1.82) is 0 Å². The lowest BCUT2D eigenvalue weighted by Crippen LogP contribution is -2.45. The Hall–Kier alpha value is -0.580. The average Bonchev–Trinajstić information content (AvgIpc) is 2.33. The van der Waals surface area contributed by atoms with E-state index in [1.807, 2.05) is 12.1 Å². The zero-order valence-corrected chi connectivity index (χ0v) is 13.4. The summed E-state index contributed by atoms with van der Waals surface area (Å²) in [5.74, 6) is 0.890. The molecule has 0 heterocycles. The zero-order chi connectivity index (χ0) is 14.0. The van der Waals surface area contributed by atoms with Gasteiger partial charge in [-0.1, -0.05) is 22.4 Å². The maximum atomic E-state index is 9.87. The van der Waals surface area contributed by atoms with E-state index in [-0.39, 0.29) is 18.1 Å². The number of methoxy groups -OCH3 is 1. The first kappa shape index (κ1) is 14.8. The van der Waals surface area contributed by atoms with Gasteiger partial charge >= 0.3 is 0 Å². The van der Waals surface area contributed by atoms with Gasteiger partial charge in [-0.3, -0.25) is 0 Å². The Labute approximate surface area is 123 Å². The van der Waals surface area contributed by atoms with Crippen molar-refractivity contribution in [2.45, 2.75) is 25.3 Å². The maximum Gasteiger partial charge on any atom is 0.123 e. The molecule has 1 N–H and O–H groups in total. The van der Waals surface area contributed by atoms with Gasteiger partial charge < -0.3 is 14.7 Å². The van der Waals surface area contributed by atoms with Gasteiger partial charge in [0.1, 0.15) is 5.75 Å². The van der Waals surface area contributed by atoms with E-state index in [0.717, 1.165) is 28.6 Å². The molecule has 2 rings (SSSR count). The summed E-state index contributed by atoms with van der Waals surface area (Å²) in [5.41, 5.74) is 1.12. The monoisotopic (exact) mass is 327 g/mol. The van der Waals surface area contributed by atoms with Crippen molar-refractivity contribution < 1.29 is 9.84 Å². The number of halogens is 1. The molecule has 0 amide bonds. The fraction of sp³-hybridized carbons (Fsp3) is 0.600. The van der Waals surface area contributed by atoms with Crippen LogP contribution >= 0.6 is 15.9 Å². The van der Waals surface area contributed by atoms with Crippen LogP contribution in [0.3, 0.4) is 0 Å². The van der Waals surface area contributed by atoms with Crippen molar-refractivity contribution in [3.05, 3.63) is 28.2 Å². The van der Waals surface area contributed by atoms with Crippen molar-refractivity contribution >= 4 is 15.9 Å². The van der Waals surface area contributed by atoms with Crippen LogP contribution in [0.2, 0.25) is 0 Å². The lowest BCUT2D eigenvalue weighted by atomic mass is 9.62. The van der Waals surface area contributed by atoms with Gasteiger partial charge in [0.15, 0.2) is 0 Å². The smallest absolute Gasteiger partial charge is 0.123 e. The highest BCUT2D eigenvalue weighted by Gasteiger charge is 2.46. The van der Waals surface area contributed by atoms with E-state index >= 15 is 0 Å². The molecule has 1 fully saturated rings. The van der Waals surface area contributed by atoms with Crippen molar-refractivity contribution in [2.75, 3.05) is 27.8 Å². The Bertz CT molecular complexity index is 438. The van der Waals surface area contributed by atoms with E-state index in [4.69, 9.17) is 4.74 Å². The number of benzene rings is 1. The lowest BCUT2D eigenvalue weighted by Gasteiger charge is -2.49. The fourth-order valence-electron chi connectivity index (χ4n) is 3.22. The Balaban J connectivity index is 2.47. The molecule has 4 heteroatoms. The fourth-order valence-corrected chi connectivity index (χ4v) is 3.60.